The van der Waals surface area contributed by atoms with Gasteiger partial charge in [-0.15, -0.1) is 5.10 Å². The second kappa shape index (κ2) is 6.44. The van der Waals surface area contributed by atoms with Gasteiger partial charge in [0.05, 0.1) is 18.9 Å². The van der Waals surface area contributed by atoms with E-state index in [2.05, 4.69) is 15.4 Å². The Bertz CT molecular complexity index is 502. The standard InChI is InChI=1S/C12H19N5O2/c1-4-18-12(19-5-2)11-9-17(15-14-11)8-10-6-13-16(3)7-10/h6-7,9,12H,4-5,8H2,1-3H3. The van der Waals surface area contributed by atoms with E-state index in [0.29, 0.717) is 25.5 Å². The molecule has 0 N–H and O–H groups in total. The highest BCUT2D eigenvalue weighted by Crippen LogP contribution is 2.16. The molecule has 0 fully saturated rings. The minimum Gasteiger partial charge on any atom is -0.347 e. The van der Waals surface area contributed by atoms with E-state index in [0.717, 1.165) is 5.56 Å². The summed E-state index contributed by atoms with van der Waals surface area (Å²) in [7, 11) is 1.89. The van der Waals surface area contributed by atoms with Crippen LogP contribution in [-0.4, -0.2) is 38.0 Å². The molecule has 0 unspecified atom stereocenters. The van der Waals surface area contributed by atoms with Crippen molar-refractivity contribution in [2.75, 3.05) is 13.2 Å². The van der Waals surface area contributed by atoms with Crippen LogP contribution in [0.4, 0.5) is 0 Å². The Kier molecular flexibility index (Phi) is 4.64. The second-order valence-electron chi connectivity index (χ2n) is 4.11. The molecule has 2 heterocycles. The van der Waals surface area contributed by atoms with Crippen LogP contribution in [0.25, 0.3) is 0 Å². The molecule has 0 aliphatic heterocycles. The number of ether oxygens (including phenoxy) is 2. The maximum Gasteiger partial charge on any atom is 0.204 e. The van der Waals surface area contributed by atoms with Crippen LogP contribution < -0.4 is 0 Å². The quantitative estimate of drug-likeness (QED) is 0.702. The zero-order chi connectivity index (χ0) is 13.7. The van der Waals surface area contributed by atoms with E-state index in [1.54, 1.807) is 9.36 Å². The molecule has 0 aliphatic rings. The first-order valence-electron chi connectivity index (χ1n) is 6.33. The van der Waals surface area contributed by atoms with E-state index in [4.69, 9.17) is 9.47 Å². The summed E-state index contributed by atoms with van der Waals surface area (Å²) in [5.41, 5.74) is 1.76. The lowest BCUT2D eigenvalue weighted by Crippen LogP contribution is -2.09. The van der Waals surface area contributed by atoms with Gasteiger partial charge in [0.2, 0.25) is 6.29 Å². The van der Waals surface area contributed by atoms with E-state index < -0.39 is 6.29 Å². The van der Waals surface area contributed by atoms with E-state index in [1.165, 1.54) is 0 Å². The molecule has 0 aromatic carbocycles. The zero-order valence-electron chi connectivity index (χ0n) is 11.5. The largest absolute Gasteiger partial charge is 0.347 e. The lowest BCUT2D eigenvalue weighted by Gasteiger charge is -2.13. The number of hydrogen-bond acceptors (Lipinski definition) is 5. The molecule has 104 valence electrons. The van der Waals surface area contributed by atoms with Crippen molar-refractivity contribution in [1.29, 1.82) is 0 Å². The summed E-state index contributed by atoms with van der Waals surface area (Å²) in [6.07, 6.45) is 5.15. The predicted molar refractivity (Wildman–Crippen MR) is 68.3 cm³/mol. The maximum absolute atomic E-state index is 5.48. The van der Waals surface area contributed by atoms with E-state index in [1.807, 2.05) is 39.5 Å². The molecular formula is C12H19N5O2. The van der Waals surface area contributed by atoms with Gasteiger partial charge in [-0.25, -0.2) is 4.68 Å². The number of hydrogen-bond donors (Lipinski definition) is 0. The molecular weight excluding hydrogens is 246 g/mol. The van der Waals surface area contributed by atoms with Crippen LogP contribution in [-0.2, 0) is 23.1 Å². The molecule has 0 saturated heterocycles. The van der Waals surface area contributed by atoms with Gasteiger partial charge in [-0.2, -0.15) is 5.10 Å². The monoisotopic (exact) mass is 265 g/mol. The van der Waals surface area contributed by atoms with Gasteiger partial charge in [0, 0.05) is 32.0 Å². The highest BCUT2D eigenvalue weighted by atomic mass is 16.7. The van der Waals surface area contributed by atoms with E-state index >= 15 is 0 Å². The highest BCUT2D eigenvalue weighted by molar-refractivity contribution is 5.05. The molecule has 0 atom stereocenters. The molecule has 0 saturated carbocycles. The van der Waals surface area contributed by atoms with Crippen molar-refractivity contribution in [1.82, 2.24) is 24.8 Å². The Hall–Kier alpha value is -1.73. The van der Waals surface area contributed by atoms with Crippen LogP contribution >= 0.6 is 0 Å². The van der Waals surface area contributed by atoms with Crippen molar-refractivity contribution >= 4 is 0 Å². The number of nitrogens with zero attached hydrogens (tertiary/aromatic N) is 5. The second-order valence-corrected chi connectivity index (χ2v) is 4.11. The summed E-state index contributed by atoms with van der Waals surface area (Å²) in [5.74, 6) is 0. The number of aryl methyl sites for hydroxylation is 1. The Morgan fingerprint density at radius 3 is 2.53 bits per heavy atom. The third-order valence-electron chi connectivity index (χ3n) is 2.54. The molecule has 7 heteroatoms. The van der Waals surface area contributed by atoms with E-state index in [9.17, 15) is 0 Å². The first-order valence-corrected chi connectivity index (χ1v) is 6.33. The molecule has 2 aromatic heterocycles. The summed E-state index contributed by atoms with van der Waals surface area (Å²) < 4.78 is 14.5. The van der Waals surface area contributed by atoms with Crippen LogP contribution in [0.15, 0.2) is 18.6 Å². The Morgan fingerprint density at radius 1 is 1.21 bits per heavy atom. The minimum absolute atomic E-state index is 0.447. The van der Waals surface area contributed by atoms with Gasteiger partial charge in [0.15, 0.2) is 0 Å². The Morgan fingerprint density at radius 2 is 1.95 bits per heavy atom. The van der Waals surface area contributed by atoms with Crippen molar-refractivity contribution in [3.63, 3.8) is 0 Å². The van der Waals surface area contributed by atoms with Crippen molar-refractivity contribution in [3.05, 3.63) is 29.8 Å². The summed E-state index contributed by atoms with van der Waals surface area (Å²) in [5, 5.41) is 12.3. The lowest BCUT2D eigenvalue weighted by molar-refractivity contribution is -0.142. The van der Waals surface area contributed by atoms with E-state index in [-0.39, 0.29) is 0 Å². The molecule has 2 aromatic rings. The molecule has 0 spiro atoms. The molecule has 0 bridgehead atoms. The van der Waals surface area contributed by atoms with Crippen LogP contribution in [0.3, 0.4) is 0 Å². The van der Waals surface area contributed by atoms with Gasteiger partial charge in [0.25, 0.3) is 0 Å². The predicted octanol–water partition coefficient (Wildman–Crippen LogP) is 1.13. The summed E-state index contributed by atoms with van der Waals surface area (Å²) in [6, 6.07) is 0. The molecule has 0 aliphatic carbocycles. The first-order chi connectivity index (χ1) is 9.22. The lowest BCUT2D eigenvalue weighted by atomic mass is 10.3. The van der Waals surface area contributed by atoms with Crippen LogP contribution in [0.1, 0.15) is 31.4 Å². The summed E-state index contributed by atoms with van der Waals surface area (Å²) >= 11 is 0. The fourth-order valence-electron chi connectivity index (χ4n) is 1.76. The molecule has 19 heavy (non-hydrogen) atoms. The highest BCUT2D eigenvalue weighted by Gasteiger charge is 2.15. The topological polar surface area (TPSA) is 67.0 Å². The van der Waals surface area contributed by atoms with Crippen molar-refractivity contribution < 1.29 is 9.47 Å². The van der Waals surface area contributed by atoms with Gasteiger partial charge in [-0.05, 0) is 13.8 Å². The van der Waals surface area contributed by atoms with Gasteiger partial charge < -0.3 is 9.47 Å². The maximum atomic E-state index is 5.48. The third kappa shape index (κ3) is 3.62. The van der Waals surface area contributed by atoms with Crippen LogP contribution in [0.2, 0.25) is 0 Å². The first kappa shape index (κ1) is 13.7. The van der Waals surface area contributed by atoms with Crippen molar-refractivity contribution in [2.24, 2.45) is 7.05 Å². The SMILES string of the molecule is CCOC(OCC)c1cn(Cc2cnn(C)c2)nn1. The summed E-state index contributed by atoms with van der Waals surface area (Å²) in [6.45, 7) is 5.62. The number of rotatable bonds is 7. The molecule has 7 nitrogen and oxygen atoms in total. The van der Waals surface area contributed by atoms with Crippen LogP contribution in [0.5, 0.6) is 0 Å². The average molecular weight is 265 g/mol. The van der Waals surface area contributed by atoms with Crippen molar-refractivity contribution in [2.45, 2.75) is 26.7 Å². The average Bonchev–Trinajstić information content (AvgIpc) is 2.99. The fraction of sp³-hybridized carbons (Fsp3) is 0.583. The van der Waals surface area contributed by atoms with Gasteiger partial charge >= 0.3 is 0 Å². The minimum atomic E-state index is -0.447. The zero-order valence-corrected chi connectivity index (χ0v) is 11.5. The summed E-state index contributed by atoms with van der Waals surface area (Å²) in [4.78, 5) is 0. The van der Waals surface area contributed by atoms with Gasteiger partial charge in [-0.1, -0.05) is 5.21 Å². The van der Waals surface area contributed by atoms with Gasteiger partial charge in [0.1, 0.15) is 5.69 Å². The van der Waals surface area contributed by atoms with Gasteiger partial charge in [-0.3, -0.25) is 4.68 Å². The number of aromatic nitrogens is 5. The molecule has 0 amide bonds. The fourth-order valence-corrected chi connectivity index (χ4v) is 1.76. The van der Waals surface area contributed by atoms with Crippen LogP contribution in [0, 0.1) is 0 Å². The Balaban J connectivity index is 2.04. The smallest absolute Gasteiger partial charge is 0.204 e. The Labute approximate surface area is 112 Å². The normalized spacial score (nSPS) is 11.4. The van der Waals surface area contributed by atoms with Crippen molar-refractivity contribution in [3.8, 4) is 0 Å². The third-order valence-corrected chi connectivity index (χ3v) is 2.54. The molecule has 0 radical (unpaired) electrons. The molecule has 2 rings (SSSR count).